The molecule has 0 spiro atoms. The van der Waals surface area contributed by atoms with Gasteiger partial charge in [-0.2, -0.15) is 13.2 Å². The quantitative estimate of drug-likeness (QED) is 0.659. The molecule has 0 saturated carbocycles. The Bertz CT molecular complexity index is 666. The maximum absolute atomic E-state index is 13.3. The van der Waals surface area contributed by atoms with Crippen molar-refractivity contribution >= 4 is 22.4 Å². The first-order chi connectivity index (χ1) is 12.2. The Balaban J connectivity index is 0.00000364. The molecule has 0 amide bonds. The van der Waals surface area contributed by atoms with Crippen LogP contribution in [0.15, 0.2) is 29.2 Å². The van der Waals surface area contributed by atoms with E-state index < -0.39 is 28.8 Å². The highest BCUT2D eigenvalue weighted by atomic mass is 35.5. The van der Waals surface area contributed by atoms with E-state index in [4.69, 9.17) is 4.74 Å². The van der Waals surface area contributed by atoms with Gasteiger partial charge in [0.1, 0.15) is 11.8 Å². The van der Waals surface area contributed by atoms with E-state index >= 15 is 0 Å². The minimum absolute atomic E-state index is 0. The molecule has 0 radical (unpaired) electrons. The molecule has 1 unspecified atom stereocenters. The second kappa shape index (κ2) is 10.5. The number of alkyl halides is 3. The van der Waals surface area contributed by atoms with Crippen molar-refractivity contribution in [2.45, 2.75) is 30.5 Å². The van der Waals surface area contributed by atoms with Gasteiger partial charge in [0.25, 0.3) is 0 Å². The molecule has 1 aromatic rings. The topological polar surface area (TPSA) is 70.7 Å². The first kappa shape index (κ1) is 24.0. The van der Waals surface area contributed by atoms with Crippen LogP contribution >= 0.6 is 12.4 Å². The zero-order chi connectivity index (χ0) is 19.2. The fourth-order valence-corrected chi connectivity index (χ4v) is 3.69. The van der Waals surface area contributed by atoms with Crippen LogP contribution in [-0.2, 0) is 10.0 Å². The number of benzene rings is 1. The van der Waals surface area contributed by atoms with Crippen molar-refractivity contribution in [2.75, 3.05) is 39.3 Å². The molecule has 1 heterocycles. The number of hydrogen-bond donors (Lipinski definition) is 2. The van der Waals surface area contributed by atoms with Crippen LogP contribution in [0.25, 0.3) is 0 Å². The average Bonchev–Trinajstić information content (AvgIpc) is 2.60. The molecule has 0 bridgehead atoms. The first-order valence-electron chi connectivity index (χ1n) is 8.48. The smallest absolute Gasteiger partial charge is 0.405 e. The number of nitrogens with one attached hydrogen (secondary N) is 2. The molecule has 1 aromatic carbocycles. The number of sulfonamides is 1. The van der Waals surface area contributed by atoms with E-state index in [0.717, 1.165) is 6.42 Å². The molecule has 156 valence electrons. The Morgan fingerprint density at radius 2 is 1.81 bits per heavy atom. The number of ether oxygens (including phenoxy) is 1. The first-order valence-corrected chi connectivity index (χ1v) is 9.96. The lowest BCUT2D eigenvalue weighted by atomic mass is 10.2. The Hall–Kier alpha value is -1.07. The summed E-state index contributed by atoms with van der Waals surface area (Å²) in [5.41, 5.74) is 0. The highest BCUT2D eigenvalue weighted by Gasteiger charge is 2.44. The van der Waals surface area contributed by atoms with Crippen LogP contribution in [0.3, 0.4) is 0 Å². The molecule has 1 aliphatic rings. The van der Waals surface area contributed by atoms with Crippen LogP contribution in [0, 0.1) is 0 Å². The maximum Gasteiger partial charge on any atom is 0.405 e. The number of nitrogens with zero attached hydrogens (tertiary/aromatic N) is 1. The summed E-state index contributed by atoms with van der Waals surface area (Å²) in [6.45, 7) is 3.04. The van der Waals surface area contributed by atoms with Gasteiger partial charge in [0.05, 0.1) is 11.5 Å². The summed E-state index contributed by atoms with van der Waals surface area (Å²) in [6.07, 6.45) is -3.70. The van der Waals surface area contributed by atoms with Gasteiger partial charge in [-0.05, 0) is 30.7 Å². The fraction of sp³-hybridized carbons (Fsp3) is 0.625. The predicted octanol–water partition coefficient (Wildman–Crippen LogP) is 2.01. The monoisotopic (exact) mass is 431 g/mol. The zero-order valence-electron chi connectivity index (χ0n) is 15.0. The summed E-state index contributed by atoms with van der Waals surface area (Å²) in [6, 6.07) is 3.76. The van der Waals surface area contributed by atoms with E-state index in [9.17, 15) is 21.6 Å². The van der Waals surface area contributed by atoms with E-state index in [0.29, 0.717) is 25.4 Å². The average molecular weight is 432 g/mol. The van der Waals surface area contributed by atoms with E-state index in [1.54, 1.807) is 0 Å². The minimum Gasteiger partial charge on any atom is -0.494 e. The van der Waals surface area contributed by atoms with E-state index in [1.165, 1.54) is 29.2 Å². The lowest BCUT2D eigenvalue weighted by Gasteiger charge is -2.35. The van der Waals surface area contributed by atoms with Gasteiger partial charge in [0, 0.05) is 32.7 Å². The van der Waals surface area contributed by atoms with Crippen molar-refractivity contribution in [3.8, 4) is 5.75 Å². The number of rotatable bonds is 8. The second-order valence-electron chi connectivity index (χ2n) is 6.02. The Morgan fingerprint density at radius 1 is 1.22 bits per heavy atom. The van der Waals surface area contributed by atoms with Crippen molar-refractivity contribution in [3.63, 3.8) is 0 Å². The molecule has 2 N–H and O–H groups in total. The molecule has 27 heavy (non-hydrogen) atoms. The summed E-state index contributed by atoms with van der Waals surface area (Å²) in [7, 11) is -4.04. The van der Waals surface area contributed by atoms with Gasteiger partial charge >= 0.3 is 6.18 Å². The maximum atomic E-state index is 13.3. The van der Waals surface area contributed by atoms with Gasteiger partial charge in [-0.15, -0.1) is 12.4 Å². The van der Waals surface area contributed by atoms with E-state index in [1.807, 2.05) is 6.92 Å². The van der Waals surface area contributed by atoms with Crippen LogP contribution in [0.5, 0.6) is 5.75 Å². The molecule has 0 aromatic heterocycles. The van der Waals surface area contributed by atoms with Gasteiger partial charge in [-0.3, -0.25) is 4.90 Å². The third kappa shape index (κ3) is 7.11. The van der Waals surface area contributed by atoms with Crippen molar-refractivity contribution in [3.05, 3.63) is 24.3 Å². The van der Waals surface area contributed by atoms with Gasteiger partial charge in [0.2, 0.25) is 10.0 Å². The predicted molar refractivity (Wildman–Crippen MR) is 99.0 cm³/mol. The molecule has 11 heteroatoms. The van der Waals surface area contributed by atoms with Gasteiger partial charge in [-0.1, -0.05) is 6.92 Å². The highest BCUT2D eigenvalue weighted by Crippen LogP contribution is 2.25. The molecule has 1 atom stereocenters. The highest BCUT2D eigenvalue weighted by molar-refractivity contribution is 7.89. The molecular weight excluding hydrogens is 407 g/mol. The van der Waals surface area contributed by atoms with Crippen LogP contribution in [0.2, 0.25) is 0 Å². The minimum atomic E-state index is -4.52. The molecular formula is C16H25ClF3N3O3S. The van der Waals surface area contributed by atoms with Crippen LogP contribution in [0.4, 0.5) is 13.2 Å². The summed E-state index contributed by atoms with van der Waals surface area (Å²) in [5.74, 6) is 0.514. The lowest BCUT2D eigenvalue weighted by Crippen LogP contribution is -2.57. The van der Waals surface area contributed by atoms with Crippen molar-refractivity contribution in [2.24, 2.45) is 0 Å². The summed E-state index contributed by atoms with van der Waals surface area (Å²) in [4.78, 5) is 1.16. The number of halogens is 4. The molecule has 1 fully saturated rings. The molecule has 1 saturated heterocycles. The summed E-state index contributed by atoms with van der Waals surface area (Å²) >= 11 is 0. The molecule has 1 aliphatic heterocycles. The van der Waals surface area contributed by atoms with Crippen LogP contribution < -0.4 is 14.8 Å². The van der Waals surface area contributed by atoms with Gasteiger partial charge < -0.3 is 10.1 Å². The van der Waals surface area contributed by atoms with Crippen molar-refractivity contribution in [1.82, 2.24) is 14.9 Å². The van der Waals surface area contributed by atoms with E-state index in [-0.39, 0.29) is 30.4 Å². The fourth-order valence-electron chi connectivity index (χ4n) is 2.65. The van der Waals surface area contributed by atoms with Crippen molar-refractivity contribution in [1.29, 1.82) is 0 Å². The largest absolute Gasteiger partial charge is 0.494 e. The second-order valence-corrected chi connectivity index (χ2v) is 7.78. The van der Waals surface area contributed by atoms with Crippen molar-refractivity contribution < 1.29 is 26.3 Å². The molecule has 0 aliphatic carbocycles. The normalized spacial score (nSPS) is 17.2. The number of piperazine rings is 1. The molecule has 2 rings (SSSR count). The lowest BCUT2D eigenvalue weighted by molar-refractivity contribution is -0.182. The van der Waals surface area contributed by atoms with Gasteiger partial charge in [-0.25, -0.2) is 13.1 Å². The van der Waals surface area contributed by atoms with E-state index in [2.05, 4.69) is 10.0 Å². The molecule has 6 nitrogen and oxygen atoms in total. The standard InChI is InChI=1S/C16H24F3N3O3S.ClH/c1-2-11-25-13-3-5-14(6-4-13)26(23,24)21-12-15(16(17,18)19)22-9-7-20-8-10-22;/h3-6,15,20-21H,2,7-12H2,1H3;1H. The summed E-state index contributed by atoms with van der Waals surface area (Å²) < 4.78 is 72.1. The Labute approximate surface area is 163 Å². The number of hydrogen-bond acceptors (Lipinski definition) is 5. The van der Waals surface area contributed by atoms with Crippen LogP contribution in [0.1, 0.15) is 13.3 Å². The third-order valence-electron chi connectivity index (χ3n) is 4.04. The Kier molecular flexibility index (Phi) is 9.29. The summed E-state index contributed by atoms with van der Waals surface area (Å²) in [5, 5.41) is 2.98. The third-order valence-corrected chi connectivity index (χ3v) is 5.48. The van der Waals surface area contributed by atoms with Gasteiger partial charge in [0.15, 0.2) is 0 Å². The Morgan fingerprint density at radius 3 is 2.33 bits per heavy atom. The van der Waals surface area contributed by atoms with Crippen LogP contribution in [-0.4, -0.2) is 64.9 Å². The SMILES string of the molecule is CCCOc1ccc(S(=O)(=O)NCC(N2CCNCC2)C(F)(F)F)cc1.Cl. The zero-order valence-corrected chi connectivity index (χ0v) is 16.6.